The second-order valence-electron chi connectivity index (χ2n) is 4.69. The predicted molar refractivity (Wildman–Crippen MR) is 89.9 cm³/mol. The summed E-state index contributed by atoms with van der Waals surface area (Å²) >= 11 is 3.49. The van der Waals surface area contributed by atoms with Crippen LogP contribution in [-0.2, 0) is 6.42 Å². The molecule has 2 rings (SSSR count). The first-order valence-corrected chi connectivity index (χ1v) is 7.93. The van der Waals surface area contributed by atoms with Gasteiger partial charge in [-0.05, 0) is 31.5 Å². The largest absolute Gasteiger partial charge is 0.496 e. The third-order valence-corrected chi connectivity index (χ3v) is 3.54. The Balaban J connectivity index is 2.53. The summed E-state index contributed by atoms with van der Waals surface area (Å²) in [5.41, 5.74) is 1.93. The van der Waals surface area contributed by atoms with Gasteiger partial charge in [-0.25, -0.2) is 9.97 Å². The maximum Gasteiger partial charge on any atom is 0.165 e. The molecule has 1 N–H and O–H groups in total. The van der Waals surface area contributed by atoms with Gasteiger partial charge in [0.15, 0.2) is 5.82 Å². The Kier molecular flexibility index (Phi) is 5.56. The quantitative estimate of drug-likeness (QED) is 0.844. The van der Waals surface area contributed by atoms with Gasteiger partial charge in [0.2, 0.25) is 0 Å². The van der Waals surface area contributed by atoms with Gasteiger partial charge in [0, 0.05) is 22.8 Å². The molecule has 2 aromatic rings. The molecule has 1 aromatic heterocycles. The van der Waals surface area contributed by atoms with Crippen molar-refractivity contribution in [3.8, 4) is 17.1 Å². The van der Waals surface area contributed by atoms with Crippen molar-refractivity contribution in [3.05, 3.63) is 34.4 Å². The van der Waals surface area contributed by atoms with E-state index in [1.165, 1.54) is 0 Å². The maximum atomic E-state index is 5.43. The van der Waals surface area contributed by atoms with Crippen LogP contribution in [0, 0.1) is 0 Å². The molecular weight excluding hydrogens is 330 g/mol. The lowest BCUT2D eigenvalue weighted by atomic mass is 10.1. The topological polar surface area (TPSA) is 47.0 Å². The molecule has 21 heavy (non-hydrogen) atoms. The fourth-order valence-electron chi connectivity index (χ4n) is 2.13. The van der Waals surface area contributed by atoms with Crippen LogP contribution in [0.5, 0.6) is 5.75 Å². The number of nitrogens with zero attached hydrogens (tertiary/aromatic N) is 2. The first kappa shape index (κ1) is 15.8. The number of hydrogen-bond acceptors (Lipinski definition) is 4. The monoisotopic (exact) mass is 349 g/mol. The van der Waals surface area contributed by atoms with Crippen LogP contribution >= 0.6 is 15.9 Å². The summed E-state index contributed by atoms with van der Waals surface area (Å²) < 4.78 is 6.41. The predicted octanol–water partition coefficient (Wildman–Crippen LogP) is 4.30. The van der Waals surface area contributed by atoms with Crippen molar-refractivity contribution in [2.24, 2.45) is 0 Å². The molecule has 0 atom stereocenters. The highest BCUT2D eigenvalue weighted by Gasteiger charge is 2.12. The zero-order valence-corrected chi connectivity index (χ0v) is 14.2. The molecule has 0 saturated carbocycles. The van der Waals surface area contributed by atoms with Crippen molar-refractivity contribution in [1.82, 2.24) is 9.97 Å². The highest BCUT2D eigenvalue weighted by atomic mass is 79.9. The lowest BCUT2D eigenvalue weighted by molar-refractivity contribution is 0.416. The van der Waals surface area contributed by atoms with Crippen molar-refractivity contribution in [2.45, 2.75) is 26.7 Å². The van der Waals surface area contributed by atoms with Crippen molar-refractivity contribution in [3.63, 3.8) is 0 Å². The van der Waals surface area contributed by atoms with E-state index in [4.69, 9.17) is 4.74 Å². The van der Waals surface area contributed by atoms with E-state index in [9.17, 15) is 0 Å². The Morgan fingerprint density at radius 2 is 2.00 bits per heavy atom. The van der Waals surface area contributed by atoms with E-state index in [0.717, 1.165) is 46.7 Å². The molecule has 1 aromatic carbocycles. The third-order valence-electron chi connectivity index (χ3n) is 3.05. The van der Waals surface area contributed by atoms with Gasteiger partial charge in [0.05, 0.1) is 12.7 Å². The number of aromatic nitrogens is 2. The lowest BCUT2D eigenvalue weighted by Crippen LogP contribution is -2.04. The third kappa shape index (κ3) is 3.94. The molecule has 0 unspecified atom stereocenters. The van der Waals surface area contributed by atoms with E-state index >= 15 is 0 Å². The van der Waals surface area contributed by atoms with Gasteiger partial charge in [-0.1, -0.05) is 29.3 Å². The van der Waals surface area contributed by atoms with Crippen LogP contribution in [-0.4, -0.2) is 23.6 Å². The van der Waals surface area contributed by atoms with Gasteiger partial charge in [-0.15, -0.1) is 0 Å². The van der Waals surface area contributed by atoms with E-state index in [0.29, 0.717) is 5.82 Å². The summed E-state index contributed by atoms with van der Waals surface area (Å²) in [5, 5.41) is 3.26. The molecule has 1 heterocycles. The number of aryl methyl sites for hydroxylation is 1. The number of methoxy groups -OCH3 is 1. The second-order valence-corrected chi connectivity index (χ2v) is 5.61. The number of anilines is 1. The molecule has 0 radical (unpaired) electrons. The smallest absolute Gasteiger partial charge is 0.165 e. The van der Waals surface area contributed by atoms with Gasteiger partial charge in [0.1, 0.15) is 11.6 Å². The number of nitrogens with one attached hydrogen (secondary N) is 1. The van der Waals surface area contributed by atoms with E-state index < -0.39 is 0 Å². The van der Waals surface area contributed by atoms with Gasteiger partial charge in [0.25, 0.3) is 0 Å². The molecule has 5 heteroatoms. The Hall–Kier alpha value is -1.62. The Bertz CT molecular complexity index is 592. The van der Waals surface area contributed by atoms with E-state index in [2.05, 4.69) is 45.1 Å². The average molecular weight is 350 g/mol. The molecule has 4 nitrogen and oxygen atoms in total. The molecule has 0 bridgehead atoms. The van der Waals surface area contributed by atoms with Crippen molar-refractivity contribution >= 4 is 21.7 Å². The van der Waals surface area contributed by atoms with Crippen LogP contribution in [0.1, 0.15) is 26.0 Å². The first-order chi connectivity index (χ1) is 10.2. The van der Waals surface area contributed by atoms with Gasteiger partial charge < -0.3 is 10.1 Å². The zero-order chi connectivity index (χ0) is 15.2. The average Bonchev–Trinajstić information content (AvgIpc) is 2.47. The molecule has 0 aliphatic rings. The summed E-state index contributed by atoms with van der Waals surface area (Å²) in [6.45, 7) is 5.03. The molecule has 0 spiro atoms. The summed E-state index contributed by atoms with van der Waals surface area (Å²) in [5.74, 6) is 2.32. The highest BCUT2D eigenvalue weighted by molar-refractivity contribution is 9.10. The second kappa shape index (κ2) is 7.41. The number of ether oxygens (including phenoxy) is 1. The van der Waals surface area contributed by atoms with Crippen LogP contribution in [0.3, 0.4) is 0 Å². The fraction of sp³-hybridized carbons (Fsp3) is 0.375. The van der Waals surface area contributed by atoms with Crippen LogP contribution in [0.25, 0.3) is 11.4 Å². The van der Waals surface area contributed by atoms with Gasteiger partial charge in [-0.3, -0.25) is 0 Å². The van der Waals surface area contributed by atoms with Crippen molar-refractivity contribution < 1.29 is 4.74 Å². The molecule has 112 valence electrons. The molecule has 0 fully saturated rings. The van der Waals surface area contributed by atoms with Gasteiger partial charge >= 0.3 is 0 Å². The van der Waals surface area contributed by atoms with Crippen LogP contribution in [0.15, 0.2) is 28.7 Å². The minimum Gasteiger partial charge on any atom is -0.496 e. The standard InChI is InChI=1S/C16H20BrN3O/c1-4-6-12-10-15(18-5-2)20-16(19-12)13-9-11(17)7-8-14(13)21-3/h7-10H,4-6H2,1-3H3,(H,18,19,20). The Morgan fingerprint density at radius 1 is 1.19 bits per heavy atom. The Morgan fingerprint density at radius 3 is 2.67 bits per heavy atom. The fourth-order valence-corrected chi connectivity index (χ4v) is 2.49. The van der Waals surface area contributed by atoms with Crippen molar-refractivity contribution in [2.75, 3.05) is 19.0 Å². The summed E-state index contributed by atoms with van der Waals surface area (Å²) in [4.78, 5) is 9.28. The molecule has 0 aliphatic heterocycles. The van der Waals surface area contributed by atoms with E-state index in [-0.39, 0.29) is 0 Å². The maximum absolute atomic E-state index is 5.43. The lowest BCUT2D eigenvalue weighted by Gasteiger charge is -2.11. The molecular formula is C16H20BrN3O. The SMILES string of the molecule is CCCc1cc(NCC)nc(-c2cc(Br)ccc2OC)n1. The number of hydrogen-bond donors (Lipinski definition) is 1. The first-order valence-electron chi connectivity index (χ1n) is 7.13. The number of benzene rings is 1. The summed E-state index contributed by atoms with van der Waals surface area (Å²) in [7, 11) is 1.66. The van der Waals surface area contributed by atoms with Crippen LogP contribution in [0.2, 0.25) is 0 Å². The molecule has 0 saturated heterocycles. The number of halogens is 1. The van der Waals surface area contributed by atoms with Crippen LogP contribution in [0.4, 0.5) is 5.82 Å². The molecule has 0 amide bonds. The van der Waals surface area contributed by atoms with Crippen LogP contribution < -0.4 is 10.1 Å². The van der Waals surface area contributed by atoms with Gasteiger partial charge in [-0.2, -0.15) is 0 Å². The zero-order valence-electron chi connectivity index (χ0n) is 12.6. The van der Waals surface area contributed by atoms with E-state index in [1.807, 2.05) is 24.3 Å². The summed E-state index contributed by atoms with van der Waals surface area (Å²) in [6, 6.07) is 7.87. The summed E-state index contributed by atoms with van der Waals surface area (Å²) in [6.07, 6.45) is 1.99. The minimum absolute atomic E-state index is 0.690. The normalized spacial score (nSPS) is 10.5. The minimum atomic E-state index is 0.690. The number of rotatable bonds is 6. The Labute approximate surface area is 134 Å². The molecule has 0 aliphatic carbocycles. The van der Waals surface area contributed by atoms with Crippen molar-refractivity contribution in [1.29, 1.82) is 0 Å². The van der Waals surface area contributed by atoms with E-state index in [1.54, 1.807) is 7.11 Å². The highest BCUT2D eigenvalue weighted by Crippen LogP contribution is 2.31.